The second-order valence-corrected chi connectivity index (χ2v) is 6.49. The number of aliphatic imine (C=N–C) groups is 1. The molecule has 0 aromatic rings. The normalized spacial score (nSPS) is 14.5. The first kappa shape index (κ1) is 27.4. The molecule has 0 bridgehead atoms. The largest absolute Gasteiger partial charge is 0.480 e. The predicted molar refractivity (Wildman–Crippen MR) is 109 cm³/mol. The quantitative estimate of drug-likeness (QED) is 0.0519. The SMILES string of the molecule is NC(N)=NCCCC(NC(=O)C(CO)NC(=O)C(N)CS)C(=O)NC(CO)C(=O)O. The number of hydrogen-bond donors (Lipinski definition) is 10. The molecule has 0 spiro atoms. The van der Waals surface area contributed by atoms with E-state index >= 15 is 0 Å². The summed E-state index contributed by atoms with van der Waals surface area (Å²) in [6, 6.07) is -5.28. The molecule has 30 heavy (non-hydrogen) atoms. The number of nitrogens with zero attached hydrogens (tertiary/aromatic N) is 1. The number of carboxylic acids is 1. The number of hydrogen-bond acceptors (Lipinski definition) is 9. The molecule has 14 nitrogen and oxygen atoms in total. The first-order chi connectivity index (χ1) is 14.1. The predicted octanol–water partition coefficient (Wildman–Crippen LogP) is -5.18. The summed E-state index contributed by atoms with van der Waals surface area (Å²) < 4.78 is 0. The molecular formula is C15H29N7O7S. The zero-order chi connectivity index (χ0) is 23.3. The summed E-state index contributed by atoms with van der Waals surface area (Å²) in [6.45, 7) is -1.53. The van der Waals surface area contributed by atoms with Crippen LogP contribution in [-0.2, 0) is 19.2 Å². The third kappa shape index (κ3) is 10.2. The molecule has 0 saturated heterocycles. The maximum atomic E-state index is 12.4. The molecule has 0 rings (SSSR count). The molecule has 12 N–H and O–H groups in total. The Morgan fingerprint density at radius 1 is 0.900 bits per heavy atom. The lowest BCUT2D eigenvalue weighted by molar-refractivity contribution is -0.143. The van der Waals surface area contributed by atoms with Crippen molar-refractivity contribution in [2.24, 2.45) is 22.2 Å². The number of guanidine groups is 1. The zero-order valence-corrected chi connectivity index (χ0v) is 17.0. The molecule has 15 heteroatoms. The van der Waals surface area contributed by atoms with Crippen LogP contribution in [0.15, 0.2) is 4.99 Å². The number of carboxylic acid groups (broad SMARTS) is 1. The molecule has 0 fully saturated rings. The highest BCUT2D eigenvalue weighted by Gasteiger charge is 2.29. The van der Waals surface area contributed by atoms with Gasteiger partial charge in [0.25, 0.3) is 0 Å². The van der Waals surface area contributed by atoms with Gasteiger partial charge >= 0.3 is 5.97 Å². The second kappa shape index (κ2) is 14.4. The van der Waals surface area contributed by atoms with Crippen LogP contribution in [0.2, 0.25) is 0 Å². The van der Waals surface area contributed by atoms with E-state index in [0.29, 0.717) is 0 Å². The average Bonchev–Trinajstić information content (AvgIpc) is 2.70. The minimum atomic E-state index is -1.59. The molecule has 0 aliphatic carbocycles. The highest BCUT2D eigenvalue weighted by molar-refractivity contribution is 7.80. The average molecular weight is 452 g/mol. The van der Waals surface area contributed by atoms with E-state index in [-0.39, 0.29) is 31.1 Å². The first-order valence-corrected chi connectivity index (χ1v) is 9.48. The van der Waals surface area contributed by atoms with Crippen molar-refractivity contribution in [3.63, 3.8) is 0 Å². The Hall–Kier alpha value is -2.62. The van der Waals surface area contributed by atoms with Crippen LogP contribution in [0.25, 0.3) is 0 Å². The Morgan fingerprint density at radius 3 is 1.87 bits per heavy atom. The number of nitrogens with two attached hydrogens (primary N) is 3. The van der Waals surface area contributed by atoms with Crippen molar-refractivity contribution in [1.82, 2.24) is 16.0 Å². The molecule has 3 amide bonds. The van der Waals surface area contributed by atoms with Gasteiger partial charge in [-0.15, -0.1) is 0 Å². The van der Waals surface area contributed by atoms with Crippen LogP contribution >= 0.6 is 12.6 Å². The standard InChI is InChI=1S/C15H29N7O7S/c16-7(6-30)11(25)21-9(4-23)13(27)20-8(2-1-3-19-15(17)18)12(26)22-10(5-24)14(28)29/h7-10,23-24,30H,1-6,16H2,(H,20,27)(H,21,25)(H,22,26)(H,28,29)(H4,17,18,19). The van der Waals surface area contributed by atoms with E-state index in [2.05, 4.69) is 33.6 Å². The van der Waals surface area contributed by atoms with Crippen LogP contribution in [0.4, 0.5) is 0 Å². The molecular weight excluding hydrogens is 422 g/mol. The molecule has 172 valence electrons. The van der Waals surface area contributed by atoms with E-state index in [0.717, 1.165) is 0 Å². The number of aliphatic hydroxyl groups is 2. The highest BCUT2D eigenvalue weighted by Crippen LogP contribution is 2.01. The second-order valence-electron chi connectivity index (χ2n) is 6.12. The summed E-state index contributed by atoms with van der Waals surface area (Å²) in [6.07, 6.45) is 0.224. The van der Waals surface area contributed by atoms with Gasteiger partial charge in [0, 0.05) is 12.3 Å². The number of thiol groups is 1. The van der Waals surface area contributed by atoms with Gasteiger partial charge < -0.3 is 48.5 Å². The Balaban J connectivity index is 5.24. The Labute approximate surface area is 178 Å². The van der Waals surface area contributed by atoms with Crippen molar-refractivity contribution in [3.05, 3.63) is 0 Å². The fourth-order valence-electron chi connectivity index (χ4n) is 2.06. The molecule has 4 unspecified atom stereocenters. The Kier molecular flexibility index (Phi) is 13.1. The molecule has 0 heterocycles. The molecule has 0 aromatic heterocycles. The van der Waals surface area contributed by atoms with Gasteiger partial charge in [-0.2, -0.15) is 12.6 Å². The number of carbonyl (C=O) groups excluding carboxylic acids is 3. The summed E-state index contributed by atoms with van der Waals surface area (Å²) in [5.41, 5.74) is 15.9. The number of amides is 3. The van der Waals surface area contributed by atoms with Crippen LogP contribution in [0.1, 0.15) is 12.8 Å². The van der Waals surface area contributed by atoms with Gasteiger partial charge in [-0.05, 0) is 12.8 Å². The molecule has 0 saturated carbocycles. The van der Waals surface area contributed by atoms with Crippen molar-refractivity contribution in [1.29, 1.82) is 0 Å². The lowest BCUT2D eigenvalue weighted by Gasteiger charge is -2.24. The van der Waals surface area contributed by atoms with Crippen molar-refractivity contribution in [3.8, 4) is 0 Å². The minimum absolute atomic E-state index is 0.000833. The topological polar surface area (TPSA) is 255 Å². The smallest absolute Gasteiger partial charge is 0.328 e. The van der Waals surface area contributed by atoms with Crippen molar-refractivity contribution in [2.75, 3.05) is 25.5 Å². The van der Waals surface area contributed by atoms with Crippen LogP contribution in [0, 0.1) is 0 Å². The van der Waals surface area contributed by atoms with E-state index in [1.165, 1.54) is 0 Å². The Bertz CT molecular complexity index is 630. The van der Waals surface area contributed by atoms with Crippen molar-refractivity contribution < 1.29 is 34.5 Å². The fourth-order valence-corrected chi connectivity index (χ4v) is 2.22. The minimum Gasteiger partial charge on any atom is -0.480 e. The Morgan fingerprint density at radius 2 is 1.40 bits per heavy atom. The lowest BCUT2D eigenvalue weighted by atomic mass is 10.1. The highest BCUT2D eigenvalue weighted by atomic mass is 32.1. The van der Waals surface area contributed by atoms with E-state index in [9.17, 15) is 24.3 Å². The zero-order valence-electron chi connectivity index (χ0n) is 16.2. The van der Waals surface area contributed by atoms with Gasteiger partial charge in [0.05, 0.1) is 19.3 Å². The van der Waals surface area contributed by atoms with E-state index in [1.807, 2.05) is 0 Å². The number of carbonyl (C=O) groups is 4. The number of nitrogens with one attached hydrogen (secondary N) is 3. The fraction of sp³-hybridized carbons (Fsp3) is 0.667. The monoisotopic (exact) mass is 451 g/mol. The molecule has 0 aliphatic heterocycles. The summed E-state index contributed by atoms with van der Waals surface area (Å²) >= 11 is 3.86. The third-order valence-electron chi connectivity index (χ3n) is 3.72. The van der Waals surface area contributed by atoms with Gasteiger partial charge in [0.15, 0.2) is 5.96 Å². The van der Waals surface area contributed by atoms with Gasteiger partial charge in [-0.25, -0.2) is 4.79 Å². The molecule has 0 aliphatic rings. The van der Waals surface area contributed by atoms with Crippen LogP contribution in [-0.4, -0.2) is 94.6 Å². The van der Waals surface area contributed by atoms with E-state index < -0.39 is 61.1 Å². The van der Waals surface area contributed by atoms with Crippen molar-refractivity contribution >= 4 is 42.3 Å². The molecule has 0 radical (unpaired) electrons. The summed E-state index contributed by atoms with van der Waals surface area (Å²) in [7, 11) is 0. The van der Waals surface area contributed by atoms with Gasteiger partial charge in [-0.3, -0.25) is 19.4 Å². The van der Waals surface area contributed by atoms with E-state index in [1.54, 1.807) is 0 Å². The van der Waals surface area contributed by atoms with Gasteiger partial charge in [0.1, 0.15) is 18.1 Å². The van der Waals surface area contributed by atoms with Crippen LogP contribution in [0.5, 0.6) is 0 Å². The first-order valence-electron chi connectivity index (χ1n) is 8.84. The van der Waals surface area contributed by atoms with Crippen LogP contribution in [0.3, 0.4) is 0 Å². The van der Waals surface area contributed by atoms with Gasteiger partial charge in [-0.1, -0.05) is 0 Å². The molecule has 0 aromatic carbocycles. The lowest BCUT2D eigenvalue weighted by Crippen LogP contribution is -2.58. The summed E-state index contributed by atoms with van der Waals surface area (Å²) in [4.78, 5) is 51.4. The summed E-state index contributed by atoms with van der Waals surface area (Å²) in [5, 5.41) is 34.0. The maximum Gasteiger partial charge on any atom is 0.328 e. The molecule has 4 atom stereocenters. The third-order valence-corrected chi connectivity index (χ3v) is 4.12. The number of aliphatic carboxylic acids is 1. The summed E-state index contributed by atoms with van der Waals surface area (Å²) in [5.74, 6) is -4.19. The number of aliphatic hydroxyl groups excluding tert-OH is 2. The maximum absolute atomic E-state index is 12.4. The van der Waals surface area contributed by atoms with Gasteiger partial charge in [0.2, 0.25) is 17.7 Å². The van der Waals surface area contributed by atoms with Crippen molar-refractivity contribution in [2.45, 2.75) is 37.0 Å². The number of rotatable bonds is 14. The van der Waals surface area contributed by atoms with E-state index in [4.69, 9.17) is 27.4 Å². The van der Waals surface area contributed by atoms with Crippen LogP contribution < -0.4 is 33.2 Å².